The third kappa shape index (κ3) is 1.80. The Bertz CT molecular complexity index is 604. The predicted molar refractivity (Wildman–Crippen MR) is 75.6 cm³/mol. The second-order valence-electron chi connectivity index (χ2n) is 5.97. The quantitative estimate of drug-likeness (QED) is 0.918. The molecule has 100 valence electrons. The number of nitrogens with zero attached hydrogens (tertiary/aromatic N) is 1. The molecule has 0 radical (unpaired) electrons. The van der Waals surface area contributed by atoms with E-state index in [0.717, 1.165) is 29.8 Å². The van der Waals surface area contributed by atoms with Crippen molar-refractivity contribution in [1.29, 1.82) is 0 Å². The van der Waals surface area contributed by atoms with Gasteiger partial charge in [0.25, 0.3) is 0 Å². The Labute approximate surface area is 113 Å². The lowest BCUT2D eigenvalue weighted by Crippen LogP contribution is -2.31. The molecule has 19 heavy (non-hydrogen) atoms. The van der Waals surface area contributed by atoms with E-state index in [9.17, 15) is 0 Å². The summed E-state index contributed by atoms with van der Waals surface area (Å²) in [4.78, 5) is 2.59. The van der Waals surface area contributed by atoms with Crippen LogP contribution in [0.25, 0.3) is 11.0 Å². The van der Waals surface area contributed by atoms with Gasteiger partial charge in [-0.3, -0.25) is 4.90 Å². The largest absolute Gasteiger partial charge is 0.459 e. The van der Waals surface area contributed by atoms with E-state index in [-0.39, 0.29) is 0 Å². The van der Waals surface area contributed by atoms with Crippen molar-refractivity contribution in [3.05, 3.63) is 35.6 Å². The van der Waals surface area contributed by atoms with Crippen LogP contribution in [0, 0.1) is 5.92 Å². The molecule has 1 aliphatic heterocycles. The smallest absolute Gasteiger partial charge is 0.134 e. The molecule has 1 aliphatic carbocycles. The molecule has 2 N–H and O–H groups in total. The van der Waals surface area contributed by atoms with Crippen LogP contribution in [0.4, 0.5) is 0 Å². The van der Waals surface area contributed by atoms with E-state index >= 15 is 0 Å². The minimum Gasteiger partial charge on any atom is -0.459 e. The van der Waals surface area contributed by atoms with Crippen LogP contribution in [0.5, 0.6) is 0 Å². The Morgan fingerprint density at radius 2 is 2.16 bits per heavy atom. The van der Waals surface area contributed by atoms with Crippen LogP contribution in [0.15, 0.2) is 28.7 Å². The highest BCUT2D eigenvalue weighted by molar-refractivity contribution is 5.82. The van der Waals surface area contributed by atoms with Gasteiger partial charge in [0.05, 0.1) is 6.54 Å². The van der Waals surface area contributed by atoms with Gasteiger partial charge in [0, 0.05) is 30.1 Å². The normalized spacial score (nSPS) is 26.6. The Kier molecular flexibility index (Phi) is 2.64. The van der Waals surface area contributed by atoms with Crippen molar-refractivity contribution >= 4 is 11.0 Å². The van der Waals surface area contributed by atoms with Crippen molar-refractivity contribution in [1.82, 2.24) is 4.90 Å². The Hall–Kier alpha value is -1.32. The molecule has 0 spiro atoms. The fourth-order valence-corrected chi connectivity index (χ4v) is 3.91. The third-order valence-corrected chi connectivity index (χ3v) is 4.86. The van der Waals surface area contributed by atoms with Crippen LogP contribution < -0.4 is 5.73 Å². The number of rotatable bonds is 3. The van der Waals surface area contributed by atoms with Crippen molar-refractivity contribution < 1.29 is 4.42 Å². The average Bonchev–Trinajstić information content (AvgIpc) is 3.11. The molecule has 1 saturated carbocycles. The van der Waals surface area contributed by atoms with Crippen LogP contribution in [-0.4, -0.2) is 17.5 Å². The molecule has 2 fully saturated rings. The van der Waals surface area contributed by atoms with Crippen molar-refractivity contribution in [3.63, 3.8) is 0 Å². The van der Waals surface area contributed by atoms with Crippen molar-refractivity contribution in [2.24, 2.45) is 11.7 Å². The third-order valence-electron chi connectivity index (χ3n) is 4.86. The molecule has 2 aliphatic rings. The minimum absolute atomic E-state index is 0.564. The van der Waals surface area contributed by atoms with Gasteiger partial charge >= 0.3 is 0 Å². The van der Waals surface area contributed by atoms with Gasteiger partial charge in [0.15, 0.2) is 0 Å². The van der Waals surface area contributed by atoms with Crippen molar-refractivity contribution in [2.75, 3.05) is 6.54 Å². The molecule has 4 rings (SSSR count). The van der Waals surface area contributed by atoms with Crippen LogP contribution >= 0.6 is 0 Å². The highest BCUT2D eigenvalue weighted by Gasteiger charge is 2.38. The second kappa shape index (κ2) is 4.36. The maximum absolute atomic E-state index is 6.04. The van der Waals surface area contributed by atoms with Gasteiger partial charge in [-0.05, 0) is 31.2 Å². The van der Waals surface area contributed by atoms with Gasteiger partial charge in [-0.15, -0.1) is 0 Å². The number of nitrogens with two attached hydrogens (primary N) is 1. The predicted octanol–water partition coefficient (Wildman–Crippen LogP) is 2.88. The van der Waals surface area contributed by atoms with Gasteiger partial charge in [-0.25, -0.2) is 0 Å². The monoisotopic (exact) mass is 256 g/mol. The zero-order valence-corrected chi connectivity index (χ0v) is 11.1. The van der Waals surface area contributed by atoms with Gasteiger partial charge in [0.2, 0.25) is 0 Å². The first kappa shape index (κ1) is 11.5. The number of benzene rings is 1. The zero-order valence-electron chi connectivity index (χ0n) is 11.1. The number of hydrogen-bond donors (Lipinski definition) is 1. The summed E-state index contributed by atoms with van der Waals surface area (Å²) in [5.41, 5.74) is 8.10. The topological polar surface area (TPSA) is 42.4 Å². The fourth-order valence-electron chi connectivity index (χ4n) is 3.91. The van der Waals surface area contributed by atoms with E-state index in [2.05, 4.69) is 17.0 Å². The van der Waals surface area contributed by atoms with Gasteiger partial charge < -0.3 is 10.2 Å². The molecule has 1 aromatic heterocycles. The first-order chi connectivity index (χ1) is 9.35. The molecule has 2 bridgehead atoms. The molecule has 2 atom stereocenters. The minimum atomic E-state index is 0.564. The molecule has 2 aromatic rings. The van der Waals surface area contributed by atoms with Gasteiger partial charge in [-0.2, -0.15) is 0 Å². The molecular weight excluding hydrogens is 236 g/mol. The molecular formula is C16H20N2O. The zero-order chi connectivity index (χ0) is 12.8. The molecule has 1 aromatic carbocycles. The summed E-state index contributed by atoms with van der Waals surface area (Å²) >= 11 is 0. The highest BCUT2D eigenvalue weighted by atomic mass is 16.3. The summed E-state index contributed by atoms with van der Waals surface area (Å²) in [5.74, 6) is 2.01. The summed E-state index contributed by atoms with van der Waals surface area (Å²) < 4.78 is 6.04. The van der Waals surface area contributed by atoms with Crippen LogP contribution in [0.3, 0.4) is 0 Å². The Morgan fingerprint density at radius 1 is 1.26 bits per heavy atom. The Balaban J connectivity index is 1.67. The first-order valence-electron chi connectivity index (χ1n) is 7.28. The highest BCUT2D eigenvalue weighted by Crippen LogP contribution is 2.39. The number of fused-ring (bicyclic) bond motifs is 3. The summed E-state index contributed by atoms with van der Waals surface area (Å²) in [6, 6.07) is 9.00. The van der Waals surface area contributed by atoms with E-state index in [1.807, 2.05) is 12.1 Å². The maximum atomic E-state index is 6.04. The van der Waals surface area contributed by atoms with Crippen molar-refractivity contribution in [3.8, 4) is 0 Å². The summed E-state index contributed by atoms with van der Waals surface area (Å²) in [7, 11) is 0. The average molecular weight is 256 g/mol. The van der Waals surface area contributed by atoms with E-state index < -0.39 is 0 Å². The SMILES string of the molecule is NCc1c(CN2CC3CCC2C3)oc2ccccc12. The molecule has 1 saturated heterocycles. The molecule has 0 amide bonds. The van der Waals surface area contributed by atoms with Crippen molar-refractivity contribution in [2.45, 2.75) is 38.4 Å². The van der Waals surface area contributed by atoms with Crippen LogP contribution in [-0.2, 0) is 13.1 Å². The first-order valence-corrected chi connectivity index (χ1v) is 7.28. The number of piperidine rings is 1. The van der Waals surface area contributed by atoms with Gasteiger partial charge in [0.1, 0.15) is 11.3 Å². The Morgan fingerprint density at radius 3 is 2.89 bits per heavy atom. The lowest BCUT2D eigenvalue weighted by molar-refractivity contribution is 0.191. The van der Waals surface area contributed by atoms with E-state index in [4.69, 9.17) is 10.2 Å². The van der Waals surface area contributed by atoms with Crippen LogP contribution in [0.2, 0.25) is 0 Å². The summed E-state index contributed by atoms with van der Waals surface area (Å²) in [6.45, 7) is 2.74. The van der Waals surface area contributed by atoms with E-state index in [0.29, 0.717) is 6.54 Å². The number of likely N-dealkylation sites (tertiary alicyclic amines) is 1. The molecule has 2 heterocycles. The lowest BCUT2D eigenvalue weighted by Gasteiger charge is -2.25. The molecule has 3 nitrogen and oxygen atoms in total. The van der Waals surface area contributed by atoms with Crippen LogP contribution in [0.1, 0.15) is 30.6 Å². The van der Waals surface area contributed by atoms with Gasteiger partial charge in [-0.1, -0.05) is 18.2 Å². The van der Waals surface area contributed by atoms with E-state index in [1.165, 1.54) is 36.8 Å². The summed E-state index contributed by atoms with van der Waals surface area (Å²) in [5, 5.41) is 1.18. The lowest BCUT2D eigenvalue weighted by atomic mass is 10.1. The second-order valence-corrected chi connectivity index (χ2v) is 5.97. The van der Waals surface area contributed by atoms with E-state index in [1.54, 1.807) is 0 Å². The number of para-hydroxylation sites is 1. The summed E-state index contributed by atoms with van der Waals surface area (Å²) in [6.07, 6.45) is 4.17. The molecule has 3 heteroatoms. The number of furan rings is 1. The maximum Gasteiger partial charge on any atom is 0.134 e. The standard InChI is InChI=1S/C16H20N2O/c17-8-14-13-3-1-2-4-15(13)19-16(14)10-18-9-11-5-6-12(18)7-11/h1-4,11-12H,5-10,17H2. The fraction of sp³-hybridized carbons (Fsp3) is 0.500. The molecule has 2 unspecified atom stereocenters. The number of hydrogen-bond acceptors (Lipinski definition) is 3.